The van der Waals surface area contributed by atoms with Gasteiger partial charge in [0.05, 0.1) is 5.02 Å². The van der Waals surface area contributed by atoms with Crippen LogP contribution in [0, 0.1) is 0 Å². The van der Waals surface area contributed by atoms with Crippen LogP contribution < -0.4 is 10.1 Å². The smallest absolute Gasteiger partial charge is 0.138 e. The molecule has 0 spiro atoms. The van der Waals surface area contributed by atoms with E-state index in [4.69, 9.17) is 16.3 Å². The fraction of sp³-hybridized carbons (Fsp3) is 0.200. The number of aliphatic hydroxyl groups is 1. The van der Waals surface area contributed by atoms with Gasteiger partial charge in [0.2, 0.25) is 0 Å². The van der Waals surface area contributed by atoms with Gasteiger partial charge >= 0.3 is 0 Å². The second kappa shape index (κ2) is 7.53. The van der Waals surface area contributed by atoms with Gasteiger partial charge < -0.3 is 15.2 Å². The number of rotatable bonds is 6. The van der Waals surface area contributed by atoms with Crippen LogP contribution in [0.1, 0.15) is 0 Å². The molecule has 2 rings (SSSR count). The van der Waals surface area contributed by atoms with E-state index in [9.17, 15) is 5.11 Å². The van der Waals surface area contributed by atoms with Crippen LogP contribution in [0.5, 0.6) is 5.75 Å². The molecule has 0 saturated carbocycles. The molecular formula is C15H15BrClNO2. The second-order valence-corrected chi connectivity index (χ2v) is 5.52. The van der Waals surface area contributed by atoms with E-state index in [2.05, 4.69) is 21.2 Å². The highest BCUT2D eigenvalue weighted by Crippen LogP contribution is 2.23. The molecule has 0 fully saturated rings. The van der Waals surface area contributed by atoms with Gasteiger partial charge in [-0.15, -0.1) is 0 Å². The van der Waals surface area contributed by atoms with E-state index in [1.807, 2.05) is 36.4 Å². The number of para-hydroxylation sites is 2. The number of hydrogen-bond acceptors (Lipinski definition) is 3. The Morgan fingerprint density at radius 3 is 2.60 bits per heavy atom. The van der Waals surface area contributed by atoms with Crippen molar-refractivity contribution in [3.8, 4) is 5.75 Å². The van der Waals surface area contributed by atoms with E-state index < -0.39 is 6.10 Å². The molecule has 0 aliphatic carbocycles. The van der Waals surface area contributed by atoms with Crippen molar-refractivity contribution in [1.82, 2.24) is 0 Å². The fourth-order valence-electron chi connectivity index (χ4n) is 1.64. The average Bonchev–Trinajstić information content (AvgIpc) is 2.45. The van der Waals surface area contributed by atoms with E-state index >= 15 is 0 Å². The van der Waals surface area contributed by atoms with Gasteiger partial charge in [-0.25, -0.2) is 0 Å². The van der Waals surface area contributed by atoms with Crippen molar-refractivity contribution in [3.05, 3.63) is 58.0 Å². The van der Waals surface area contributed by atoms with Crippen molar-refractivity contribution in [3.63, 3.8) is 0 Å². The van der Waals surface area contributed by atoms with Gasteiger partial charge in [0.1, 0.15) is 18.5 Å². The third-order valence-corrected chi connectivity index (χ3v) is 3.67. The Labute approximate surface area is 131 Å². The molecule has 1 atom stereocenters. The third kappa shape index (κ3) is 4.40. The molecule has 3 nitrogen and oxygen atoms in total. The fourth-order valence-corrected chi connectivity index (χ4v) is 2.25. The molecule has 5 heteroatoms. The minimum absolute atomic E-state index is 0.182. The number of ether oxygens (including phenoxy) is 1. The lowest BCUT2D eigenvalue weighted by Crippen LogP contribution is -2.26. The molecule has 0 saturated heterocycles. The molecule has 0 amide bonds. The quantitative estimate of drug-likeness (QED) is 0.823. The lowest BCUT2D eigenvalue weighted by molar-refractivity contribution is 0.117. The summed E-state index contributed by atoms with van der Waals surface area (Å²) in [6, 6.07) is 14.9. The number of nitrogens with one attached hydrogen (secondary N) is 1. The van der Waals surface area contributed by atoms with Gasteiger partial charge in [0.15, 0.2) is 0 Å². The van der Waals surface area contributed by atoms with E-state index in [1.165, 1.54) is 0 Å². The predicted molar refractivity (Wildman–Crippen MR) is 85.6 cm³/mol. The summed E-state index contributed by atoms with van der Waals surface area (Å²) in [7, 11) is 0. The molecule has 0 bridgehead atoms. The van der Waals surface area contributed by atoms with Crippen molar-refractivity contribution in [2.45, 2.75) is 6.10 Å². The number of aliphatic hydroxyl groups excluding tert-OH is 1. The summed E-state index contributed by atoms with van der Waals surface area (Å²) in [5.74, 6) is 0.578. The van der Waals surface area contributed by atoms with Crippen LogP contribution in [0.3, 0.4) is 0 Å². The van der Waals surface area contributed by atoms with E-state index in [0.717, 1.165) is 10.2 Å². The van der Waals surface area contributed by atoms with Crippen LogP contribution >= 0.6 is 27.5 Å². The summed E-state index contributed by atoms with van der Waals surface area (Å²) in [6.07, 6.45) is -0.627. The van der Waals surface area contributed by atoms with E-state index in [0.29, 0.717) is 17.3 Å². The molecule has 0 aliphatic heterocycles. The highest BCUT2D eigenvalue weighted by molar-refractivity contribution is 9.10. The van der Waals surface area contributed by atoms with Gasteiger partial charge in [-0.05, 0) is 40.2 Å². The second-order valence-electron chi connectivity index (χ2n) is 4.26. The molecule has 106 valence electrons. The van der Waals surface area contributed by atoms with Crippen LogP contribution in [0.15, 0.2) is 53.0 Å². The van der Waals surface area contributed by atoms with Crippen LogP contribution in [0.25, 0.3) is 0 Å². The van der Waals surface area contributed by atoms with Crippen LogP contribution in [-0.2, 0) is 0 Å². The SMILES string of the molecule is OC(CNc1ccccc1Br)COc1ccccc1Cl. The zero-order chi connectivity index (χ0) is 14.4. The zero-order valence-electron chi connectivity index (χ0n) is 10.7. The molecule has 2 aromatic rings. The molecule has 0 heterocycles. The van der Waals surface area contributed by atoms with Crippen molar-refractivity contribution in [2.24, 2.45) is 0 Å². The van der Waals surface area contributed by atoms with Crippen LogP contribution in [0.2, 0.25) is 5.02 Å². The van der Waals surface area contributed by atoms with Crippen LogP contribution in [0.4, 0.5) is 5.69 Å². The molecule has 0 aromatic heterocycles. The van der Waals surface area contributed by atoms with Gasteiger partial charge in [-0.3, -0.25) is 0 Å². The number of anilines is 1. The summed E-state index contributed by atoms with van der Waals surface area (Å²) in [5.41, 5.74) is 0.935. The van der Waals surface area contributed by atoms with Gasteiger partial charge in [0.25, 0.3) is 0 Å². The molecule has 1 unspecified atom stereocenters. The first-order valence-corrected chi connectivity index (χ1v) is 7.37. The maximum atomic E-state index is 9.91. The summed E-state index contributed by atoms with van der Waals surface area (Å²) in [5, 5.41) is 13.6. The normalized spacial score (nSPS) is 11.9. The highest BCUT2D eigenvalue weighted by atomic mass is 79.9. The van der Waals surface area contributed by atoms with Crippen molar-refractivity contribution < 1.29 is 9.84 Å². The first-order chi connectivity index (χ1) is 9.66. The summed E-state index contributed by atoms with van der Waals surface area (Å²) in [6.45, 7) is 0.578. The van der Waals surface area contributed by atoms with Crippen molar-refractivity contribution in [1.29, 1.82) is 0 Å². The monoisotopic (exact) mass is 355 g/mol. The molecule has 0 aliphatic rings. The standard InChI is InChI=1S/C15H15BrClNO2/c16-12-5-1-3-7-14(12)18-9-11(19)10-20-15-8-4-2-6-13(15)17/h1-8,11,18-19H,9-10H2. The van der Waals surface area contributed by atoms with Gasteiger partial charge in [-0.1, -0.05) is 35.9 Å². The Hall–Kier alpha value is -1.23. The third-order valence-electron chi connectivity index (χ3n) is 2.67. The van der Waals surface area contributed by atoms with Gasteiger partial charge in [-0.2, -0.15) is 0 Å². The number of hydrogen-bond donors (Lipinski definition) is 2. The lowest BCUT2D eigenvalue weighted by atomic mass is 10.3. The lowest BCUT2D eigenvalue weighted by Gasteiger charge is -2.15. The molecule has 20 heavy (non-hydrogen) atoms. The predicted octanol–water partition coefficient (Wildman–Crippen LogP) is 3.95. The summed E-state index contributed by atoms with van der Waals surface area (Å²) in [4.78, 5) is 0. The Morgan fingerprint density at radius 1 is 1.15 bits per heavy atom. The first-order valence-electron chi connectivity index (χ1n) is 6.20. The molecular weight excluding hydrogens is 342 g/mol. The highest BCUT2D eigenvalue weighted by Gasteiger charge is 2.08. The van der Waals surface area contributed by atoms with Gasteiger partial charge in [0, 0.05) is 16.7 Å². The maximum Gasteiger partial charge on any atom is 0.138 e. The van der Waals surface area contributed by atoms with Crippen LogP contribution in [-0.4, -0.2) is 24.4 Å². The topological polar surface area (TPSA) is 41.5 Å². The van der Waals surface area contributed by atoms with Crippen molar-refractivity contribution >= 4 is 33.2 Å². The Balaban J connectivity index is 1.80. The minimum Gasteiger partial charge on any atom is -0.489 e. The van der Waals surface area contributed by atoms with Crippen molar-refractivity contribution in [2.75, 3.05) is 18.5 Å². The minimum atomic E-state index is -0.627. The first kappa shape index (κ1) is 15.2. The Kier molecular flexibility index (Phi) is 5.71. The summed E-state index contributed by atoms with van der Waals surface area (Å²) < 4.78 is 6.44. The molecule has 0 radical (unpaired) electrons. The van der Waals surface area contributed by atoms with E-state index in [-0.39, 0.29) is 6.61 Å². The average molecular weight is 357 g/mol. The molecule has 2 N–H and O–H groups in total. The largest absolute Gasteiger partial charge is 0.489 e. The molecule has 2 aromatic carbocycles. The Morgan fingerprint density at radius 2 is 1.85 bits per heavy atom. The zero-order valence-corrected chi connectivity index (χ0v) is 13.1. The van der Waals surface area contributed by atoms with E-state index in [1.54, 1.807) is 12.1 Å². The summed E-state index contributed by atoms with van der Waals surface area (Å²) >= 11 is 9.41. The number of benzene rings is 2. The Bertz CT molecular complexity index is 516. The maximum absolute atomic E-state index is 9.91. The number of halogens is 2.